The van der Waals surface area contributed by atoms with E-state index in [1.54, 1.807) is 6.07 Å². The molecular formula is C11H13N3O5. The zero-order valence-corrected chi connectivity index (χ0v) is 10.3. The van der Waals surface area contributed by atoms with E-state index in [0.717, 1.165) is 0 Å². The third-order valence-corrected chi connectivity index (χ3v) is 2.81. The van der Waals surface area contributed by atoms with E-state index in [2.05, 4.69) is 9.72 Å². The first-order valence-corrected chi connectivity index (χ1v) is 5.66. The van der Waals surface area contributed by atoms with Gasteiger partial charge in [-0.1, -0.05) is 0 Å². The maximum atomic E-state index is 11.4. The van der Waals surface area contributed by atoms with Gasteiger partial charge in [0.05, 0.1) is 25.9 Å². The highest BCUT2D eigenvalue weighted by Crippen LogP contribution is 2.19. The van der Waals surface area contributed by atoms with Gasteiger partial charge in [-0.15, -0.1) is 0 Å². The van der Waals surface area contributed by atoms with Gasteiger partial charge in [-0.3, -0.25) is 0 Å². The number of pyridine rings is 1. The van der Waals surface area contributed by atoms with Crippen LogP contribution in [0.1, 0.15) is 0 Å². The van der Waals surface area contributed by atoms with Gasteiger partial charge >= 0.3 is 11.8 Å². The Balaban J connectivity index is 2.08. The number of carbonyl (C=O) groups is 1. The minimum Gasteiger partial charge on any atom is -0.467 e. The predicted octanol–water partition coefficient (Wildman–Crippen LogP) is 0.368. The summed E-state index contributed by atoms with van der Waals surface area (Å²) in [4.78, 5) is 27.0. The number of nitrogens with zero attached hydrogens (tertiary/aromatic N) is 3. The van der Waals surface area contributed by atoms with Crippen LogP contribution in [0.3, 0.4) is 0 Å². The van der Waals surface area contributed by atoms with E-state index in [-0.39, 0.29) is 5.82 Å². The normalized spacial score (nSPS) is 19.0. The quantitative estimate of drug-likeness (QED) is 0.443. The second-order valence-corrected chi connectivity index (χ2v) is 3.96. The van der Waals surface area contributed by atoms with Crippen molar-refractivity contribution in [3.8, 4) is 0 Å². The van der Waals surface area contributed by atoms with Gasteiger partial charge in [-0.2, -0.15) is 0 Å². The summed E-state index contributed by atoms with van der Waals surface area (Å²) in [6, 6.07) is 2.93. The molecule has 0 saturated carbocycles. The molecule has 1 aromatic heterocycles. The van der Waals surface area contributed by atoms with Gasteiger partial charge in [0.25, 0.3) is 0 Å². The molecule has 19 heavy (non-hydrogen) atoms. The maximum Gasteiger partial charge on any atom is 0.363 e. The largest absolute Gasteiger partial charge is 0.467 e. The van der Waals surface area contributed by atoms with Crippen LogP contribution in [-0.2, 0) is 14.3 Å². The van der Waals surface area contributed by atoms with Crippen LogP contribution in [0.25, 0.3) is 0 Å². The van der Waals surface area contributed by atoms with E-state index in [4.69, 9.17) is 4.74 Å². The van der Waals surface area contributed by atoms with Crippen LogP contribution >= 0.6 is 0 Å². The number of morpholine rings is 1. The molecule has 1 aromatic rings. The number of hydrogen-bond acceptors (Lipinski definition) is 7. The number of esters is 1. The number of nitro groups is 1. The smallest absolute Gasteiger partial charge is 0.363 e. The Morgan fingerprint density at radius 2 is 2.42 bits per heavy atom. The fourth-order valence-corrected chi connectivity index (χ4v) is 1.83. The Morgan fingerprint density at radius 1 is 1.63 bits per heavy atom. The Hall–Kier alpha value is -2.22. The van der Waals surface area contributed by atoms with E-state index in [9.17, 15) is 14.9 Å². The van der Waals surface area contributed by atoms with Gasteiger partial charge in [0.15, 0.2) is 12.3 Å². The molecule has 0 bridgehead atoms. The average molecular weight is 267 g/mol. The molecule has 8 nitrogen and oxygen atoms in total. The van der Waals surface area contributed by atoms with Gasteiger partial charge in [0.2, 0.25) is 0 Å². The molecule has 1 aliphatic heterocycles. The Kier molecular flexibility index (Phi) is 3.91. The molecule has 0 N–H and O–H groups in total. The van der Waals surface area contributed by atoms with Crippen LogP contribution in [0.2, 0.25) is 0 Å². The van der Waals surface area contributed by atoms with Gasteiger partial charge in [-0.25, -0.2) is 4.79 Å². The van der Waals surface area contributed by atoms with Gasteiger partial charge in [-0.05, 0) is 16.0 Å². The third-order valence-electron chi connectivity index (χ3n) is 2.81. The lowest BCUT2D eigenvalue weighted by molar-refractivity contribution is -0.389. The van der Waals surface area contributed by atoms with Crippen molar-refractivity contribution in [2.24, 2.45) is 0 Å². The summed E-state index contributed by atoms with van der Waals surface area (Å²) in [7, 11) is 1.30. The van der Waals surface area contributed by atoms with E-state index < -0.39 is 17.0 Å². The van der Waals surface area contributed by atoms with Crippen molar-refractivity contribution in [2.75, 3.05) is 31.7 Å². The minimum absolute atomic E-state index is 0.207. The Morgan fingerprint density at radius 3 is 3.00 bits per heavy atom. The van der Waals surface area contributed by atoms with Crippen LogP contribution in [0.5, 0.6) is 0 Å². The van der Waals surface area contributed by atoms with Crippen LogP contribution in [0, 0.1) is 10.1 Å². The Labute approximate surface area is 109 Å². The lowest BCUT2D eigenvalue weighted by atomic mass is 10.2. The number of hydrogen-bond donors (Lipinski definition) is 0. The minimum atomic E-state index is -0.644. The molecule has 8 heteroatoms. The highest BCUT2D eigenvalue weighted by atomic mass is 16.6. The van der Waals surface area contributed by atoms with Crippen LogP contribution in [0.15, 0.2) is 18.3 Å². The number of carbonyl (C=O) groups excluding carboxylic acids is 1. The summed E-state index contributed by atoms with van der Waals surface area (Å²) in [6.07, 6.45) is 0.770. The topological polar surface area (TPSA) is 94.8 Å². The molecule has 102 valence electrons. The summed E-state index contributed by atoms with van der Waals surface area (Å²) in [5.74, 6) is -0.638. The first-order chi connectivity index (χ1) is 9.11. The second kappa shape index (κ2) is 5.61. The monoisotopic (exact) mass is 267 g/mol. The van der Waals surface area contributed by atoms with Crippen molar-refractivity contribution in [2.45, 2.75) is 6.10 Å². The van der Waals surface area contributed by atoms with Crippen molar-refractivity contribution in [1.29, 1.82) is 0 Å². The highest BCUT2D eigenvalue weighted by Gasteiger charge is 2.28. The van der Waals surface area contributed by atoms with Crippen molar-refractivity contribution in [1.82, 2.24) is 4.98 Å². The molecule has 2 heterocycles. The fraction of sp³-hybridized carbons (Fsp3) is 0.455. The van der Waals surface area contributed by atoms with E-state index in [0.29, 0.717) is 25.4 Å². The lowest BCUT2D eigenvalue weighted by Gasteiger charge is -2.32. The molecule has 1 fully saturated rings. The standard InChI is InChI=1S/C11H13N3O5/c1-18-11(15)9-7-13(4-5-19-9)8-2-3-10(12-6-8)14(16)17/h2-3,6,9H,4-5,7H2,1H3. The first kappa shape index (κ1) is 13.2. The van der Waals surface area contributed by atoms with Crippen molar-refractivity contribution < 1.29 is 19.2 Å². The number of methoxy groups -OCH3 is 1. The maximum absolute atomic E-state index is 11.4. The van der Waals surface area contributed by atoms with E-state index >= 15 is 0 Å². The zero-order chi connectivity index (χ0) is 13.8. The van der Waals surface area contributed by atoms with Crippen LogP contribution in [-0.4, -0.2) is 48.8 Å². The Bertz CT molecular complexity index is 476. The molecular weight excluding hydrogens is 254 g/mol. The third kappa shape index (κ3) is 2.97. The predicted molar refractivity (Wildman–Crippen MR) is 64.9 cm³/mol. The van der Waals surface area contributed by atoms with E-state index in [1.807, 2.05) is 4.90 Å². The average Bonchev–Trinajstić information content (AvgIpc) is 2.46. The van der Waals surface area contributed by atoms with Crippen molar-refractivity contribution in [3.63, 3.8) is 0 Å². The molecule has 0 spiro atoms. The van der Waals surface area contributed by atoms with Crippen molar-refractivity contribution >= 4 is 17.5 Å². The molecule has 0 aromatic carbocycles. The molecule has 0 amide bonds. The molecule has 0 radical (unpaired) electrons. The fourth-order valence-electron chi connectivity index (χ4n) is 1.83. The molecule has 1 aliphatic rings. The van der Waals surface area contributed by atoms with Gasteiger partial charge in [0.1, 0.15) is 0 Å². The lowest BCUT2D eigenvalue weighted by Crippen LogP contribution is -2.46. The van der Waals surface area contributed by atoms with Gasteiger partial charge < -0.3 is 24.5 Å². The van der Waals surface area contributed by atoms with Gasteiger partial charge in [0, 0.05) is 12.6 Å². The number of anilines is 1. The molecule has 1 saturated heterocycles. The van der Waals surface area contributed by atoms with E-state index in [1.165, 1.54) is 19.4 Å². The number of ether oxygens (including phenoxy) is 2. The molecule has 1 unspecified atom stereocenters. The summed E-state index contributed by atoms with van der Waals surface area (Å²) < 4.78 is 9.93. The zero-order valence-electron chi connectivity index (χ0n) is 10.3. The summed E-state index contributed by atoms with van der Waals surface area (Å²) in [5.41, 5.74) is 0.711. The second-order valence-electron chi connectivity index (χ2n) is 3.96. The molecule has 1 atom stereocenters. The first-order valence-electron chi connectivity index (χ1n) is 5.66. The summed E-state index contributed by atoms with van der Waals surface area (Å²) in [5, 5.41) is 10.5. The summed E-state index contributed by atoms with van der Waals surface area (Å²) in [6.45, 7) is 1.32. The van der Waals surface area contributed by atoms with Crippen molar-refractivity contribution in [3.05, 3.63) is 28.4 Å². The summed E-state index contributed by atoms with van der Waals surface area (Å²) >= 11 is 0. The number of rotatable bonds is 3. The van der Waals surface area contributed by atoms with Crippen LogP contribution < -0.4 is 4.90 Å². The molecule has 2 rings (SSSR count). The highest BCUT2D eigenvalue weighted by molar-refractivity contribution is 5.75. The van der Waals surface area contributed by atoms with Crippen LogP contribution in [0.4, 0.5) is 11.5 Å². The molecule has 0 aliphatic carbocycles. The number of aromatic nitrogens is 1. The SMILES string of the molecule is COC(=O)C1CN(c2ccc([N+](=O)[O-])nc2)CCO1.